The van der Waals surface area contributed by atoms with Crippen molar-refractivity contribution in [2.75, 3.05) is 0 Å². The third-order valence-corrected chi connectivity index (χ3v) is 7.13. The molecule has 0 bridgehead atoms. The average Bonchev–Trinajstić information content (AvgIpc) is 3.71. The Balaban J connectivity index is 1.19. The number of hydrogen-bond acceptors (Lipinski definition) is 6. The first-order valence-corrected chi connectivity index (χ1v) is 12.9. The van der Waals surface area contributed by atoms with Gasteiger partial charge < -0.3 is 10.3 Å². The summed E-state index contributed by atoms with van der Waals surface area (Å²) in [5, 5.41) is 7.23. The van der Waals surface area contributed by atoms with Crippen LogP contribution in [-0.2, 0) is 6.54 Å². The number of aromatic nitrogens is 6. The average molecular weight is 524 g/mol. The number of halogens is 1. The zero-order valence-electron chi connectivity index (χ0n) is 21.3. The SMILES string of the molecule is CC(=O)c1ccc(-n2cc(-c3cc(F)cc(CNC(=O)c4ncnc5nc(C6CCCC6)[nH]c45)c3)cn2)cc1. The Kier molecular flexibility index (Phi) is 6.44. The predicted molar refractivity (Wildman–Crippen MR) is 143 cm³/mol. The maximum absolute atomic E-state index is 14.6. The van der Waals surface area contributed by atoms with Gasteiger partial charge in [0.25, 0.3) is 5.91 Å². The number of rotatable bonds is 7. The lowest BCUT2D eigenvalue weighted by Crippen LogP contribution is -2.24. The second-order valence-corrected chi connectivity index (χ2v) is 9.83. The van der Waals surface area contributed by atoms with E-state index in [1.165, 1.54) is 38.2 Å². The normalized spacial score (nSPS) is 13.7. The first-order valence-electron chi connectivity index (χ1n) is 12.9. The number of ketones is 1. The summed E-state index contributed by atoms with van der Waals surface area (Å²) < 4.78 is 16.2. The smallest absolute Gasteiger partial charge is 0.272 e. The number of fused-ring (bicyclic) bond motifs is 1. The van der Waals surface area contributed by atoms with Crippen molar-refractivity contribution in [3.05, 3.63) is 89.6 Å². The maximum Gasteiger partial charge on any atom is 0.272 e. The molecular weight excluding hydrogens is 497 g/mol. The van der Waals surface area contributed by atoms with Gasteiger partial charge in [0, 0.05) is 29.8 Å². The zero-order valence-corrected chi connectivity index (χ0v) is 21.3. The third-order valence-electron chi connectivity index (χ3n) is 7.13. The molecule has 39 heavy (non-hydrogen) atoms. The summed E-state index contributed by atoms with van der Waals surface area (Å²) in [5.41, 5.74) is 4.54. The van der Waals surface area contributed by atoms with E-state index in [1.54, 1.807) is 41.3 Å². The van der Waals surface area contributed by atoms with E-state index in [1.807, 2.05) is 6.07 Å². The van der Waals surface area contributed by atoms with Gasteiger partial charge in [0.05, 0.1) is 11.9 Å². The minimum absolute atomic E-state index is 0.00963. The summed E-state index contributed by atoms with van der Waals surface area (Å²) in [5.74, 6) is 0.378. The van der Waals surface area contributed by atoms with Crippen molar-refractivity contribution in [3.8, 4) is 16.8 Å². The van der Waals surface area contributed by atoms with Crippen molar-refractivity contribution in [2.24, 2.45) is 0 Å². The van der Waals surface area contributed by atoms with E-state index in [4.69, 9.17) is 0 Å². The minimum atomic E-state index is -0.422. The van der Waals surface area contributed by atoms with Crippen molar-refractivity contribution in [3.63, 3.8) is 0 Å². The van der Waals surface area contributed by atoms with Crippen LogP contribution in [0.25, 0.3) is 28.0 Å². The Morgan fingerprint density at radius 1 is 1.08 bits per heavy atom. The van der Waals surface area contributed by atoms with Crippen molar-refractivity contribution < 1.29 is 14.0 Å². The van der Waals surface area contributed by atoms with Gasteiger partial charge in [-0.2, -0.15) is 5.10 Å². The molecule has 0 spiro atoms. The number of benzene rings is 2. The molecule has 0 radical (unpaired) electrons. The molecule has 0 unspecified atom stereocenters. The van der Waals surface area contributed by atoms with Gasteiger partial charge >= 0.3 is 0 Å². The first-order chi connectivity index (χ1) is 18.9. The van der Waals surface area contributed by atoms with Gasteiger partial charge in [-0.25, -0.2) is 24.0 Å². The second kappa shape index (κ2) is 10.2. The zero-order chi connectivity index (χ0) is 26.9. The number of hydrogen-bond donors (Lipinski definition) is 2. The Morgan fingerprint density at radius 2 is 1.87 bits per heavy atom. The molecule has 6 rings (SSSR count). The summed E-state index contributed by atoms with van der Waals surface area (Å²) >= 11 is 0. The second-order valence-electron chi connectivity index (χ2n) is 9.83. The molecule has 1 saturated carbocycles. The molecule has 1 aliphatic carbocycles. The molecule has 1 fully saturated rings. The summed E-state index contributed by atoms with van der Waals surface area (Å²) in [4.78, 5) is 40.9. The molecule has 196 valence electrons. The first kappa shape index (κ1) is 24.6. The highest BCUT2D eigenvalue weighted by molar-refractivity contribution is 6.02. The molecule has 9 nitrogen and oxygen atoms in total. The fraction of sp³-hybridized carbons (Fsp3) is 0.241. The van der Waals surface area contributed by atoms with Crippen LogP contribution in [0.4, 0.5) is 4.39 Å². The molecule has 1 amide bonds. The molecule has 2 aromatic carbocycles. The van der Waals surface area contributed by atoms with Crippen LogP contribution in [0, 0.1) is 5.82 Å². The van der Waals surface area contributed by atoms with Gasteiger partial charge in [-0.1, -0.05) is 12.8 Å². The molecule has 10 heteroatoms. The molecule has 5 aromatic rings. The van der Waals surface area contributed by atoms with E-state index < -0.39 is 11.7 Å². The Morgan fingerprint density at radius 3 is 2.64 bits per heavy atom. The highest BCUT2D eigenvalue weighted by Crippen LogP contribution is 2.33. The number of amides is 1. The van der Waals surface area contributed by atoms with Crippen LogP contribution in [0.1, 0.15) is 70.8 Å². The van der Waals surface area contributed by atoms with E-state index in [2.05, 4.69) is 30.4 Å². The largest absolute Gasteiger partial charge is 0.347 e. The molecular formula is C29H26FN7O2. The molecule has 2 N–H and O–H groups in total. The molecule has 3 heterocycles. The highest BCUT2D eigenvalue weighted by Gasteiger charge is 2.23. The van der Waals surface area contributed by atoms with Crippen LogP contribution in [0.15, 0.2) is 61.2 Å². The summed E-state index contributed by atoms with van der Waals surface area (Å²) in [6, 6.07) is 11.7. The van der Waals surface area contributed by atoms with Gasteiger partial charge in [0.15, 0.2) is 17.1 Å². The molecule has 1 aliphatic rings. The van der Waals surface area contributed by atoms with E-state index >= 15 is 0 Å². The van der Waals surface area contributed by atoms with Crippen molar-refractivity contribution in [1.29, 1.82) is 0 Å². The number of aromatic amines is 1. The Hall–Kier alpha value is -4.73. The molecule has 0 aliphatic heterocycles. The Bertz CT molecular complexity index is 1680. The highest BCUT2D eigenvalue weighted by atomic mass is 19.1. The summed E-state index contributed by atoms with van der Waals surface area (Å²) in [6.45, 7) is 1.63. The standard InChI is InChI=1S/C29H26FN7O2/c1-17(38)19-6-8-24(9-7-19)37-15-22(14-34-37)21-10-18(11-23(30)12-21)13-31-29(39)26-25-28(33-16-32-26)36-27(35-25)20-4-2-3-5-20/h6-12,14-16,20H,2-5,13H2,1H3,(H,31,39)(H,32,33,35,36). The van der Waals surface area contributed by atoms with Crippen LogP contribution >= 0.6 is 0 Å². The van der Waals surface area contributed by atoms with E-state index in [0.29, 0.717) is 39.3 Å². The number of imidazole rings is 1. The van der Waals surface area contributed by atoms with Gasteiger partial charge in [-0.05, 0) is 73.4 Å². The summed E-state index contributed by atoms with van der Waals surface area (Å²) in [6.07, 6.45) is 9.26. The minimum Gasteiger partial charge on any atom is -0.347 e. The number of H-pyrrole nitrogens is 1. The monoisotopic (exact) mass is 523 g/mol. The number of carbonyl (C=O) groups excluding carboxylic acids is 2. The van der Waals surface area contributed by atoms with Gasteiger partial charge in [0.1, 0.15) is 23.5 Å². The van der Waals surface area contributed by atoms with Crippen molar-refractivity contribution in [1.82, 2.24) is 35.0 Å². The lowest BCUT2D eigenvalue weighted by molar-refractivity contribution is 0.0946. The van der Waals surface area contributed by atoms with Gasteiger partial charge in [-0.3, -0.25) is 9.59 Å². The topological polar surface area (TPSA) is 118 Å². The van der Waals surface area contributed by atoms with Crippen molar-refractivity contribution in [2.45, 2.75) is 45.1 Å². The van der Waals surface area contributed by atoms with Crippen LogP contribution in [-0.4, -0.2) is 41.4 Å². The third kappa shape index (κ3) is 5.05. The van der Waals surface area contributed by atoms with Gasteiger partial charge in [0.2, 0.25) is 0 Å². The number of nitrogens with zero attached hydrogens (tertiary/aromatic N) is 5. The number of carbonyl (C=O) groups is 2. The molecule has 3 aromatic heterocycles. The van der Waals surface area contributed by atoms with Crippen LogP contribution in [0.2, 0.25) is 0 Å². The van der Waals surface area contributed by atoms with Crippen molar-refractivity contribution >= 4 is 22.9 Å². The fourth-order valence-corrected chi connectivity index (χ4v) is 5.06. The lowest BCUT2D eigenvalue weighted by atomic mass is 10.1. The van der Waals surface area contributed by atoms with Crippen LogP contribution in [0.5, 0.6) is 0 Å². The number of nitrogens with one attached hydrogen (secondary N) is 2. The maximum atomic E-state index is 14.6. The Labute approximate surface area is 223 Å². The fourth-order valence-electron chi connectivity index (χ4n) is 5.06. The van der Waals surface area contributed by atoms with Crippen LogP contribution < -0.4 is 5.32 Å². The van der Waals surface area contributed by atoms with E-state index in [-0.39, 0.29) is 18.0 Å². The van der Waals surface area contributed by atoms with E-state index in [0.717, 1.165) is 24.4 Å². The van der Waals surface area contributed by atoms with E-state index in [9.17, 15) is 14.0 Å². The molecule has 0 atom stereocenters. The van der Waals surface area contributed by atoms with Crippen LogP contribution in [0.3, 0.4) is 0 Å². The predicted octanol–water partition coefficient (Wildman–Crippen LogP) is 5.13. The quantitative estimate of drug-likeness (QED) is 0.285. The van der Waals surface area contributed by atoms with Gasteiger partial charge in [-0.15, -0.1) is 0 Å². The number of Topliss-reactive ketones (excluding diaryl/α,β-unsaturated/α-hetero) is 1. The summed E-state index contributed by atoms with van der Waals surface area (Å²) in [7, 11) is 0. The lowest BCUT2D eigenvalue weighted by Gasteiger charge is -2.08. The molecule has 0 saturated heterocycles.